The molecule has 1 unspecified atom stereocenters. The minimum Gasteiger partial charge on any atom is -0.494 e. The summed E-state index contributed by atoms with van der Waals surface area (Å²) in [7, 11) is 3.40. The number of carbonyl (C=O) groups excluding carboxylic acids is 3. The number of rotatable bonds is 7. The summed E-state index contributed by atoms with van der Waals surface area (Å²) in [6.45, 7) is 8.58. The Morgan fingerprint density at radius 1 is 0.977 bits per heavy atom. The molecule has 0 N–H and O–H groups in total. The smallest absolute Gasteiger partial charge is 0.410 e. The molecule has 0 aromatic heterocycles. The van der Waals surface area contributed by atoms with E-state index in [-0.39, 0.29) is 23.3 Å². The average molecular weight is 624 g/mol. The van der Waals surface area contributed by atoms with Gasteiger partial charge in [-0.15, -0.1) is 0 Å². The molecule has 1 saturated carbocycles. The lowest BCUT2D eigenvalue weighted by Crippen LogP contribution is -2.58. The summed E-state index contributed by atoms with van der Waals surface area (Å²) in [6.07, 6.45) is 5.18. The predicted octanol–water partition coefficient (Wildman–Crippen LogP) is 6.41. The Balaban J connectivity index is 1.18. The van der Waals surface area contributed by atoms with Crippen molar-refractivity contribution in [3.05, 3.63) is 64.7 Å². The number of amides is 3. The van der Waals surface area contributed by atoms with E-state index < -0.39 is 11.0 Å². The topological polar surface area (TPSA) is 79.4 Å². The van der Waals surface area contributed by atoms with Crippen molar-refractivity contribution in [2.45, 2.75) is 70.3 Å². The maximum Gasteiger partial charge on any atom is 0.410 e. The summed E-state index contributed by atoms with van der Waals surface area (Å²) in [4.78, 5) is 45.0. The summed E-state index contributed by atoms with van der Waals surface area (Å²) in [5, 5.41) is 0.390. The Hall–Kier alpha value is -3.26. The Kier molecular flexibility index (Phi) is 9.22. The number of carbonyl (C=O) groups is 3. The van der Waals surface area contributed by atoms with Crippen LogP contribution in [0.15, 0.2) is 48.5 Å². The summed E-state index contributed by atoms with van der Waals surface area (Å²) in [6, 6.07) is 15.2. The SMILES string of the molecule is CN(C)C(=O)c1ccc(OCC[C@H]2CC23CCN(C(=O)C2(c4ccccc4)CCCN(C(=O)OC(C)(C)C)C2)CC3)cc1Cl. The lowest BCUT2D eigenvalue weighted by molar-refractivity contribution is -0.141. The second-order valence-electron chi connectivity index (χ2n) is 14.0. The maximum atomic E-state index is 14.4. The molecule has 2 heterocycles. The highest BCUT2D eigenvalue weighted by Gasteiger charge is 2.56. The summed E-state index contributed by atoms with van der Waals surface area (Å²) < 4.78 is 11.7. The highest BCUT2D eigenvalue weighted by atomic mass is 35.5. The van der Waals surface area contributed by atoms with Crippen LogP contribution in [0.1, 0.15) is 75.2 Å². The molecule has 2 aliphatic heterocycles. The number of piperidine rings is 2. The number of ether oxygens (including phenoxy) is 2. The first-order valence-electron chi connectivity index (χ1n) is 15.8. The fraction of sp³-hybridized carbons (Fsp3) is 0.571. The molecule has 1 aliphatic carbocycles. The molecule has 1 spiro atoms. The minimum atomic E-state index is -0.772. The van der Waals surface area contributed by atoms with Crippen molar-refractivity contribution in [1.29, 1.82) is 0 Å². The third-order valence-electron chi connectivity index (χ3n) is 9.60. The molecule has 9 heteroatoms. The van der Waals surface area contributed by atoms with E-state index in [1.807, 2.05) is 56.0 Å². The van der Waals surface area contributed by atoms with Crippen molar-refractivity contribution in [2.75, 3.05) is 46.9 Å². The van der Waals surface area contributed by atoms with E-state index in [2.05, 4.69) is 0 Å². The minimum absolute atomic E-state index is 0.125. The zero-order valence-electron chi connectivity index (χ0n) is 26.7. The van der Waals surface area contributed by atoms with Crippen molar-refractivity contribution in [3.63, 3.8) is 0 Å². The molecule has 3 amide bonds. The van der Waals surface area contributed by atoms with Gasteiger partial charge in [0.1, 0.15) is 11.4 Å². The molecule has 238 valence electrons. The largest absolute Gasteiger partial charge is 0.494 e. The molecule has 3 fully saturated rings. The standard InChI is InChI=1S/C35H46ClN3O5/c1-33(2,3)44-32(42)39-18-9-15-35(24-39,25-10-7-6-8-11-25)31(41)38-19-16-34(17-20-38)23-26(34)14-21-43-27-12-13-28(29(36)22-27)30(40)37(4)5/h6-8,10-13,22,26H,9,14-21,23-24H2,1-5H3/t26-,35?/m0/s1. The summed E-state index contributed by atoms with van der Waals surface area (Å²) >= 11 is 6.35. The van der Waals surface area contributed by atoms with Crippen molar-refractivity contribution < 1.29 is 23.9 Å². The number of hydrogen-bond donors (Lipinski definition) is 0. The Morgan fingerprint density at radius 3 is 2.32 bits per heavy atom. The average Bonchev–Trinajstić information content (AvgIpc) is 3.67. The van der Waals surface area contributed by atoms with Gasteiger partial charge in [-0.25, -0.2) is 4.79 Å². The second kappa shape index (κ2) is 12.6. The quantitative estimate of drug-likeness (QED) is 0.356. The van der Waals surface area contributed by atoms with Gasteiger partial charge in [0.2, 0.25) is 5.91 Å². The Bertz CT molecular complexity index is 1370. The van der Waals surface area contributed by atoms with E-state index in [0.717, 1.165) is 50.8 Å². The fourth-order valence-corrected chi connectivity index (χ4v) is 7.31. The van der Waals surface area contributed by atoms with E-state index in [9.17, 15) is 14.4 Å². The lowest BCUT2D eigenvalue weighted by atomic mass is 9.72. The van der Waals surface area contributed by atoms with Crippen LogP contribution in [0.25, 0.3) is 0 Å². The molecule has 2 atom stereocenters. The predicted molar refractivity (Wildman–Crippen MR) is 171 cm³/mol. The maximum absolute atomic E-state index is 14.4. The number of halogens is 1. The second-order valence-corrected chi connectivity index (χ2v) is 14.4. The van der Waals surface area contributed by atoms with Crippen LogP contribution in [0.4, 0.5) is 4.79 Å². The van der Waals surface area contributed by atoms with Gasteiger partial charge in [-0.1, -0.05) is 41.9 Å². The van der Waals surface area contributed by atoms with Gasteiger partial charge in [-0.05, 0) is 94.4 Å². The molecule has 0 bridgehead atoms. The van der Waals surface area contributed by atoms with Crippen molar-refractivity contribution in [1.82, 2.24) is 14.7 Å². The zero-order chi connectivity index (χ0) is 31.7. The van der Waals surface area contributed by atoms with Crippen LogP contribution in [0.5, 0.6) is 5.75 Å². The van der Waals surface area contributed by atoms with Gasteiger partial charge in [0, 0.05) is 40.3 Å². The third-order valence-corrected chi connectivity index (χ3v) is 9.91. The molecule has 2 saturated heterocycles. The number of benzene rings is 2. The summed E-state index contributed by atoms with van der Waals surface area (Å²) in [5.41, 5.74) is 0.344. The van der Waals surface area contributed by atoms with E-state index in [1.165, 1.54) is 4.90 Å². The van der Waals surface area contributed by atoms with Crippen LogP contribution in [-0.2, 0) is 14.9 Å². The van der Waals surface area contributed by atoms with Gasteiger partial charge in [0.25, 0.3) is 5.91 Å². The van der Waals surface area contributed by atoms with Gasteiger partial charge >= 0.3 is 6.09 Å². The van der Waals surface area contributed by atoms with Crippen molar-refractivity contribution in [3.8, 4) is 5.75 Å². The summed E-state index contributed by atoms with van der Waals surface area (Å²) in [5.74, 6) is 1.23. The molecule has 3 aliphatic rings. The first-order valence-corrected chi connectivity index (χ1v) is 16.2. The fourth-order valence-electron chi connectivity index (χ4n) is 7.06. The molecule has 2 aromatic rings. The molecule has 8 nitrogen and oxygen atoms in total. The molecule has 5 rings (SSSR count). The Morgan fingerprint density at radius 2 is 1.68 bits per heavy atom. The van der Waals surface area contributed by atoms with Gasteiger partial charge in [0.15, 0.2) is 0 Å². The van der Waals surface area contributed by atoms with Crippen molar-refractivity contribution in [2.24, 2.45) is 11.3 Å². The van der Waals surface area contributed by atoms with Crippen LogP contribution in [0.3, 0.4) is 0 Å². The van der Waals surface area contributed by atoms with Gasteiger partial charge < -0.3 is 24.2 Å². The number of nitrogens with zero attached hydrogens (tertiary/aromatic N) is 3. The highest BCUT2D eigenvalue weighted by Crippen LogP contribution is 2.61. The lowest BCUT2D eigenvalue weighted by Gasteiger charge is -2.46. The number of likely N-dealkylation sites (tertiary alicyclic amines) is 2. The van der Waals surface area contributed by atoms with Gasteiger partial charge in [-0.2, -0.15) is 0 Å². The van der Waals surface area contributed by atoms with Crippen LogP contribution in [0.2, 0.25) is 5.02 Å². The van der Waals surface area contributed by atoms with Gasteiger partial charge in [0.05, 0.1) is 22.6 Å². The van der Waals surface area contributed by atoms with Gasteiger partial charge in [-0.3, -0.25) is 9.59 Å². The molecule has 0 radical (unpaired) electrons. The first kappa shape index (κ1) is 32.1. The molecular weight excluding hydrogens is 578 g/mol. The van der Waals surface area contributed by atoms with E-state index in [0.29, 0.717) is 48.4 Å². The van der Waals surface area contributed by atoms with E-state index in [1.54, 1.807) is 37.2 Å². The Labute approximate surface area is 266 Å². The third kappa shape index (κ3) is 6.85. The highest BCUT2D eigenvalue weighted by molar-refractivity contribution is 6.34. The zero-order valence-corrected chi connectivity index (χ0v) is 27.5. The molecule has 44 heavy (non-hydrogen) atoms. The monoisotopic (exact) mass is 623 g/mol. The molecule has 2 aromatic carbocycles. The van der Waals surface area contributed by atoms with E-state index >= 15 is 0 Å². The van der Waals surface area contributed by atoms with Crippen LogP contribution in [0, 0.1) is 11.3 Å². The number of hydrogen-bond acceptors (Lipinski definition) is 5. The van der Waals surface area contributed by atoms with Crippen molar-refractivity contribution >= 4 is 29.5 Å². The van der Waals surface area contributed by atoms with E-state index in [4.69, 9.17) is 21.1 Å². The first-order chi connectivity index (χ1) is 20.8. The normalized spacial score (nSPS) is 22.8. The molecular formula is C35H46ClN3O5. The van der Waals surface area contributed by atoms with Crippen LogP contribution < -0.4 is 4.74 Å². The van der Waals surface area contributed by atoms with Crippen LogP contribution in [-0.4, -0.2) is 85.1 Å². The van der Waals surface area contributed by atoms with Crippen LogP contribution >= 0.6 is 11.6 Å².